The van der Waals surface area contributed by atoms with Gasteiger partial charge in [-0.3, -0.25) is 4.79 Å². The van der Waals surface area contributed by atoms with Crippen LogP contribution in [-0.2, 0) is 19.9 Å². The molecule has 25 heavy (non-hydrogen) atoms. The van der Waals surface area contributed by atoms with Crippen LogP contribution in [0.4, 0.5) is 0 Å². The molecule has 9 heteroatoms. The Morgan fingerprint density at radius 3 is 2.52 bits per heavy atom. The number of amides is 1. The number of sulfone groups is 1. The van der Waals surface area contributed by atoms with Crippen molar-refractivity contribution in [1.29, 1.82) is 0 Å². The van der Waals surface area contributed by atoms with E-state index >= 15 is 0 Å². The molecule has 1 aromatic rings. The third kappa shape index (κ3) is 5.13. The van der Waals surface area contributed by atoms with E-state index in [2.05, 4.69) is 10.0 Å². The fourth-order valence-electron chi connectivity index (χ4n) is 2.48. The van der Waals surface area contributed by atoms with Crippen molar-refractivity contribution in [2.45, 2.75) is 43.7 Å². The fraction of sp³-hybridized carbons (Fsp3) is 0.438. The molecule has 1 heterocycles. The zero-order chi connectivity index (χ0) is 18.7. The van der Waals surface area contributed by atoms with Gasteiger partial charge in [0.2, 0.25) is 10.0 Å². The minimum absolute atomic E-state index is 0.0275. The molecule has 0 aromatic heterocycles. The minimum Gasteiger partial charge on any atom is -0.349 e. The smallest absolute Gasteiger partial charge is 0.251 e. The summed E-state index contributed by atoms with van der Waals surface area (Å²) in [6.45, 7) is 3.92. The Morgan fingerprint density at radius 2 is 1.96 bits per heavy atom. The maximum absolute atomic E-state index is 12.4. The Labute approximate surface area is 148 Å². The largest absolute Gasteiger partial charge is 0.349 e. The van der Waals surface area contributed by atoms with Crippen LogP contribution in [0.25, 0.3) is 0 Å². The van der Waals surface area contributed by atoms with E-state index in [1.807, 2.05) is 13.8 Å². The maximum Gasteiger partial charge on any atom is 0.251 e. The van der Waals surface area contributed by atoms with Crippen LogP contribution in [0.2, 0.25) is 0 Å². The standard InChI is InChI=1S/C16H22N2O5S2/c1-3-13(4-2)17-16(19)12-6-5-7-15(10-12)25(22,23)18-14-8-9-24(20,21)11-14/h5-10,13-14,18H,3-4,11H2,1-2H3,(H,17,19)/t14-/m1/s1. The Kier molecular flexibility index (Phi) is 6.02. The molecule has 0 spiro atoms. The molecule has 0 bridgehead atoms. The van der Waals surface area contributed by atoms with E-state index in [-0.39, 0.29) is 28.2 Å². The van der Waals surface area contributed by atoms with Crippen LogP contribution in [0.15, 0.2) is 40.6 Å². The molecule has 1 atom stereocenters. The van der Waals surface area contributed by atoms with Gasteiger partial charge in [0.25, 0.3) is 5.91 Å². The van der Waals surface area contributed by atoms with Gasteiger partial charge >= 0.3 is 0 Å². The predicted octanol–water partition coefficient (Wildman–Crippen LogP) is 1.19. The van der Waals surface area contributed by atoms with E-state index in [0.29, 0.717) is 0 Å². The van der Waals surface area contributed by atoms with Gasteiger partial charge in [0.15, 0.2) is 9.84 Å². The molecule has 2 rings (SSSR count). The molecule has 1 amide bonds. The van der Waals surface area contributed by atoms with Crippen LogP contribution in [0, 0.1) is 0 Å². The molecule has 2 N–H and O–H groups in total. The lowest BCUT2D eigenvalue weighted by atomic mass is 10.1. The average molecular weight is 386 g/mol. The number of hydrogen-bond donors (Lipinski definition) is 2. The number of carbonyl (C=O) groups excluding carboxylic acids is 1. The van der Waals surface area contributed by atoms with Crippen molar-refractivity contribution in [2.75, 3.05) is 5.75 Å². The summed E-state index contributed by atoms with van der Waals surface area (Å²) in [5, 5.41) is 3.85. The van der Waals surface area contributed by atoms with E-state index in [1.54, 1.807) is 0 Å². The van der Waals surface area contributed by atoms with Gasteiger partial charge in [-0.05, 0) is 31.0 Å². The summed E-state index contributed by atoms with van der Waals surface area (Å²) in [5.41, 5.74) is 0.240. The highest BCUT2D eigenvalue weighted by Gasteiger charge is 2.27. The summed E-state index contributed by atoms with van der Waals surface area (Å²) < 4.78 is 50.0. The van der Waals surface area contributed by atoms with Crippen molar-refractivity contribution < 1.29 is 21.6 Å². The number of rotatable bonds is 7. The number of benzene rings is 1. The molecule has 7 nitrogen and oxygen atoms in total. The fourth-order valence-corrected chi connectivity index (χ4v) is 5.06. The van der Waals surface area contributed by atoms with Crippen molar-refractivity contribution in [3.05, 3.63) is 41.3 Å². The van der Waals surface area contributed by atoms with Crippen LogP contribution in [-0.4, -0.2) is 40.6 Å². The molecule has 0 fully saturated rings. The van der Waals surface area contributed by atoms with Gasteiger partial charge in [-0.2, -0.15) is 0 Å². The van der Waals surface area contributed by atoms with Crippen molar-refractivity contribution in [2.24, 2.45) is 0 Å². The van der Waals surface area contributed by atoms with Gasteiger partial charge < -0.3 is 5.32 Å². The molecular weight excluding hydrogens is 364 g/mol. The van der Waals surface area contributed by atoms with Gasteiger partial charge in [-0.15, -0.1) is 0 Å². The van der Waals surface area contributed by atoms with Gasteiger partial charge in [0.1, 0.15) is 0 Å². The molecular formula is C16H22N2O5S2. The van der Waals surface area contributed by atoms with Crippen molar-refractivity contribution in [3.63, 3.8) is 0 Å². The summed E-state index contributed by atoms with van der Waals surface area (Å²) in [4.78, 5) is 12.2. The number of carbonyl (C=O) groups is 1. The van der Waals surface area contributed by atoms with Gasteiger partial charge in [-0.1, -0.05) is 26.0 Å². The Morgan fingerprint density at radius 1 is 1.28 bits per heavy atom. The van der Waals surface area contributed by atoms with E-state index in [9.17, 15) is 21.6 Å². The van der Waals surface area contributed by atoms with Crippen molar-refractivity contribution >= 4 is 25.8 Å². The van der Waals surface area contributed by atoms with Gasteiger partial charge in [0.05, 0.1) is 16.7 Å². The quantitative estimate of drug-likeness (QED) is 0.732. The second-order valence-corrected chi connectivity index (χ2v) is 9.55. The SMILES string of the molecule is CCC(CC)NC(=O)c1cccc(S(=O)(=O)N[C@@H]2C=CS(=O)(=O)C2)c1. The highest BCUT2D eigenvalue weighted by Crippen LogP contribution is 2.15. The summed E-state index contributed by atoms with van der Waals surface area (Å²) in [6, 6.07) is 4.89. The highest BCUT2D eigenvalue weighted by atomic mass is 32.2. The lowest BCUT2D eigenvalue weighted by Gasteiger charge is -2.15. The van der Waals surface area contributed by atoms with Crippen molar-refractivity contribution in [3.8, 4) is 0 Å². The maximum atomic E-state index is 12.4. The third-order valence-electron chi connectivity index (χ3n) is 3.96. The lowest BCUT2D eigenvalue weighted by Crippen LogP contribution is -2.36. The Bertz CT molecular complexity index is 872. The number of sulfonamides is 1. The second kappa shape index (κ2) is 7.67. The summed E-state index contributed by atoms with van der Waals surface area (Å²) in [6.07, 6.45) is 2.87. The normalized spacial score (nSPS) is 19.2. The molecule has 1 aliphatic rings. The highest BCUT2D eigenvalue weighted by molar-refractivity contribution is 7.94. The van der Waals surface area contributed by atoms with Crippen molar-refractivity contribution in [1.82, 2.24) is 10.0 Å². The summed E-state index contributed by atoms with van der Waals surface area (Å²) >= 11 is 0. The third-order valence-corrected chi connectivity index (χ3v) is 6.85. The molecule has 1 aliphatic heterocycles. The Balaban J connectivity index is 2.17. The van der Waals surface area contributed by atoms with Crippen LogP contribution in [0.5, 0.6) is 0 Å². The van der Waals surface area contributed by atoms with Crippen LogP contribution < -0.4 is 10.0 Å². The molecule has 0 saturated carbocycles. The number of nitrogens with one attached hydrogen (secondary N) is 2. The first-order valence-electron chi connectivity index (χ1n) is 8.01. The van der Waals surface area contributed by atoms with Crippen LogP contribution in [0.1, 0.15) is 37.0 Å². The number of hydrogen-bond acceptors (Lipinski definition) is 5. The molecule has 1 aromatic carbocycles. The van der Waals surface area contributed by atoms with Gasteiger partial charge in [-0.25, -0.2) is 21.6 Å². The van der Waals surface area contributed by atoms with Gasteiger partial charge in [0, 0.05) is 17.0 Å². The van der Waals surface area contributed by atoms with E-state index in [0.717, 1.165) is 18.2 Å². The molecule has 138 valence electrons. The minimum atomic E-state index is -3.94. The first-order valence-corrected chi connectivity index (χ1v) is 11.2. The summed E-state index contributed by atoms with van der Waals surface area (Å²) in [7, 11) is -7.30. The van der Waals surface area contributed by atoms with Crippen LogP contribution >= 0.6 is 0 Å². The van der Waals surface area contributed by atoms with E-state index in [4.69, 9.17) is 0 Å². The van der Waals surface area contributed by atoms with E-state index < -0.39 is 25.9 Å². The zero-order valence-electron chi connectivity index (χ0n) is 14.1. The molecule has 0 aliphatic carbocycles. The molecule has 0 radical (unpaired) electrons. The monoisotopic (exact) mass is 386 g/mol. The first kappa shape index (κ1) is 19.6. The molecule has 0 unspecified atom stereocenters. The van der Waals surface area contributed by atoms with Crippen LogP contribution in [0.3, 0.4) is 0 Å². The summed E-state index contributed by atoms with van der Waals surface area (Å²) in [5.74, 6) is -0.643. The molecule has 0 saturated heterocycles. The Hall–Kier alpha value is -1.71. The predicted molar refractivity (Wildman–Crippen MR) is 95.3 cm³/mol. The average Bonchev–Trinajstić information content (AvgIpc) is 2.90. The topological polar surface area (TPSA) is 109 Å². The lowest BCUT2D eigenvalue weighted by molar-refractivity contribution is 0.0934. The first-order chi connectivity index (χ1) is 11.7. The zero-order valence-corrected chi connectivity index (χ0v) is 15.7. The second-order valence-electron chi connectivity index (χ2n) is 5.90. The van der Waals surface area contributed by atoms with E-state index in [1.165, 1.54) is 30.3 Å².